The summed E-state index contributed by atoms with van der Waals surface area (Å²) >= 11 is 0. The molecular weight excluding hydrogens is 216 g/mol. The molecule has 1 aromatic carbocycles. The van der Waals surface area contributed by atoms with E-state index in [1.165, 1.54) is 11.1 Å². The molecule has 1 rings (SSSR count). The highest BCUT2D eigenvalue weighted by Crippen LogP contribution is 2.22. The van der Waals surface area contributed by atoms with Crippen LogP contribution in [0.2, 0.25) is 0 Å². The Kier molecular flexibility index (Phi) is 5.93. The van der Waals surface area contributed by atoms with Gasteiger partial charge in [0.15, 0.2) is 0 Å². The second-order valence-corrected chi connectivity index (χ2v) is 4.01. The molecule has 0 aliphatic carbocycles. The number of benzene rings is 1. The molecule has 1 aromatic rings. The predicted octanol–water partition coefficient (Wildman–Crippen LogP) is 5.62. The van der Waals surface area contributed by atoms with Crippen LogP contribution < -0.4 is 0 Å². The summed E-state index contributed by atoms with van der Waals surface area (Å²) in [6.07, 6.45) is 16.7. The highest BCUT2D eigenvalue weighted by atomic mass is 14.1. The Labute approximate surface area is 111 Å². The third-order valence-electron chi connectivity index (χ3n) is 2.56. The first-order chi connectivity index (χ1) is 8.76. The Morgan fingerprint density at radius 2 is 1.06 bits per heavy atom. The second-order valence-electron chi connectivity index (χ2n) is 4.01. The van der Waals surface area contributed by atoms with Crippen LogP contribution in [0.25, 0.3) is 24.3 Å². The summed E-state index contributed by atoms with van der Waals surface area (Å²) in [6.45, 7) is 8.13. The molecule has 0 N–H and O–H groups in total. The van der Waals surface area contributed by atoms with Gasteiger partial charge in [-0.05, 0) is 62.1 Å². The van der Waals surface area contributed by atoms with Crippen LogP contribution >= 0.6 is 0 Å². The molecule has 18 heavy (non-hydrogen) atoms. The summed E-state index contributed by atoms with van der Waals surface area (Å²) in [4.78, 5) is 0. The molecule has 0 heterocycles. The van der Waals surface area contributed by atoms with E-state index in [0.717, 1.165) is 11.1 Å². The average Bonchev–Trinajstić information content (AvgIpc) is 2.35. The quantitative estimate of drug-likeness (QED) is 0.637. The minimum Gasteiger partial charge on any atom is -0.0870 e. The summed E-state index contributed by atoms with van der Waals surface area (Å²) in [5.74, 6) is 0. The third-order valence-corrected chi connectivity index (χ3v) is 2.56. The summed E-state index contributed by atoms with van der Waals surface area (Å²) in [5.41, 5.74) is 4.68. The van der Waals surface area contributed by atoms with Crippen molar-refractivity contribution in [2.75, 3.05) is 0 Å². The summed E-state index contributed by atoms with van der Waals surface area (Å²) in [7, 11) is 0. The van der Waals surface area contributed by atoms with Crippen molar-refractivity contribution in [3.05, 3.63) is 58.7 Å². The molecule has 0 amide bonds. The Morgan fingerprint density at radius 3 is 1.39 bits per heavy atom. The van der Waals surface area contributed by atoms with Gasteiger partial charge < -0.3 is 0 Å². The van der Waals surface area contributed by atoms with E-state index in [2.05, 4.69) is 48.6 Å². The molecule has 0 aliphatic heterocycles. The molecule has 0 saturated heterocycles. The molecule has 93 valence electrons. The lowest BCUT2D eigenvalue weighted by atomic mass is 9.97. The maximum Gasteiger partial charge on any atom is -0.00146 e. The number of hydrogen-bond acceptors (Lipinski definition) is 0. The zero-order chi connectivity index (χ0) is 13.4. The molecule has 0 spiro atoms. The highest BCUT2D eigenvalue weighted by Gasteiger charge is 2.03. The summed E-state index contributed by atoms with van der Waals surface area (Å²) < 4.78 is 0. The van der Waals surface area contributed by atoms with E-state index < -0.39 is 0 Å². The minimum absolute atomic E-state index is 1.14. The molecule has 0 aliphatic rings. The van der Waals surface area contributed by atoms with E-state index in [0.29, 0.717) is 0 Å². The van der Waals surface area contributed by atoms with Crippen LogP contribution in [0.5, 0.6) is 0 Å². The van der Waals surface area contributed by atoms with Gasteiger partial charge in [0.05, 0.1) is 0 Å². The third kappa shape index (κ3) is 3.59. The zero-order valence-electron chi connectivity index (χ0n) is 11.7. The minimum atomic E-state index is 1.14. The molecular formula is C18H21. The lowest BCUT2D eigenvalue weighted by molar-refractivity contribution is 1.51. The van der Waals surface area contributed by atoms with Crippen molar-refractivity contribution in [2.45, 2.75) is 27.7 Å². The van der Waals surface area contributed by atoms with Crippen LogP contribution in [-0.2, 0) is 0 Å². The van der Waals surface area contributed by atoms with E-state index in [4.69, 9.17) is 0 Å². The van der Waals surface area contributed by atoms with Gasteiger partial charge in [-0.25, -0.2) is 0 Å². The second kappa shape index (κ2) is 7.50. The van der Waals surface area contributed by atoms with Crippen LogP contribution in [0.4, 0.5) is 0 Å². The molecule has 0 nitrogen and oxygen atoms in total. The van der Waals surface area contributed by atoms with Crippen LogP contribution in [0.1, 0.15) is 49.9 Å². The van der Waals surface area contributed by atoms with E-state index >= 15 is 0 Å². The van der Waals surface area contributed by atoms with Gasteiger partial charge in [-0.1, -0.05) is 48.6 Å². The number of allylic oxidation sites excluding steroid dienone is 4. The lowest BCUT2D eigenvalue weighted by Gasteiger charge is -2.07. The molecule has 1 radical (unpaired) electrons. The Balaban J connectivity index is 3.48. The van der Waals surface area contributed by atoms with Crippen LogP contribution in [0, 0.1) is 6.07 Å². The highest BCUT2D eigenvalue weighted by molar-refractivity contribution is 5.74. The maximum atomic E-state index is 3.48. The van der Waals surface area contributed by atoms with Gasteiger partial charge in [-0.15, -0.1) is 0 Å². The van der Waals surface area contributed by atoms with E-state index in [9.17, 15) is 0 Å². The fourth-order valence-corrected chi connectivity index (χ4v) is 1.86. The first kappa shape index (κ1) is 14.2. The largest absolute Gasteiger partial charge is 0.0870 e. The molecule has 0 saturated carbocycles. The molecule has 0 bridgehead atoms. The summed E-state index contributed by atoms with van der Waals surface area (Å²) in [5, 5.41) is 0. The van der Waals surface area contributed by atoms with Crippen LogP contribution in [-0.4, -0.2) is 0 Å². The van der Waals surface area contributed by atoms with Crippen molar-refractivity contribution in [3.63, 3.8) is 0 Å². The van der Waals surface area contributed by atoms with E-state index in [-0.39, 0.29) is 0 Å². The lowest BCUT2D eigenvalue weighted by Crippen LogP contribution is -1.89. The van der Waals surface area contributed by atoms with Gasteiger partial charge in [0.25, 0.3) is 0 Å². The normalized spacial score (nSPS) is 12.7. The van der Waals surface area contributed by atoms with Crippen molar-refractivity contribution in [3.8, 4) is 0 Å². The van der Waals surface area contributed by atoms with Gasteiger partial charge in [0.2, 0.25) is 0 Å². The SMILES string of the molecule is C/C=C\c1[c]c(/C=C\C)c(/C=C\C)cc1/C=C\C. The van der Waals surface area contributed by atoms with Crippen molar-refractivity contribution in [1.82, 2.24) is 0 Å². The van der Waals surface area contributed by atoms with Gasteiger partial charge in [0.1, 0.15) is 0 Å². The molecule has 0 fully saturated rings. The fourth-order valence-electron chi connectivity index (χ4n) is 1.86. The molecule has 0 aromatic heterocycles. The maximum absolute atomic E-state index is 3.48. The predicted molar refractivity (Wildman–Crippen MR) is 84.1 cm³/mol. The Bertz CT molecular complexity index is 407. The number of rotatable bonds is 4. The van der Waals surface area contributed by atoms with Crippen molar-refractivity contribution in [2.24, 2.45) is 0 Å². The average molecular weight is 237 g/mol. The van der Waals surface area contributed by atoms with Gasteiger partial charge >= 0.3 is 0 Å². The first-order valence-electron chi connectivity index (χ1n) is 6.37. The smallest absolute Gasteiger partial charge is 0.00146 e. The Hall–Kier alpha value is -1.82. The van der Waals surface area contributed by atoms with Crippen molar-refractivity contribution < 1.29 is 0 Å². The molecule has 0 heteroatoms. The van der Waals surface area contributed by atoms with Gasteiger partial charge in [0, 0.05) is 0 Å². The standard InChI is InChI=1S/C18H21/c1-5-9-15-13-17(11-7-3)18(12-8-4)14-16(15)10-6-2/h5-13H,1-4H3/b9-5-,10-6-,11-7-,12-8-. The van der Waals surface area contributed by atoms with E-state index in [1.54, 1.807) is 0 Å². The van der Waals surface area contributed by atoms with Gasteiger partial charge in [-0.2, -0.15) is 0 Å². The molecule has 0 atom stereocenters. The van der Waals surface area contributed by atoms with Crippen molar-refractivity contribution >= 4 is 24.3 Å². The molecule has 0 unspecified atom stereocenters. The van der Waals surface area contributed by atoms with Crippen LogP contribution in [0.15, 0.2) is 30.4 Å². The first-order valence-corrected chi connectivity index (χ1v) is 6.37. The number of hydrogen-bond donors (Lipinski definition) is 0. The zero-order valence-corrected chi connectivity index (χ0v) is 11.7. The monoisotopic (exact) mass is 237 g/mol. The van der Waals surface area contributed by atoms with Gasteiger partial charge in [-0.3, -0.25) is 0 Å². The summed E-state index contributed by atoms with van der Waals surface area (Å²) in [6, 6.07) is 5.69. The van der Waals surface area contributed by atoms with Crippen LogP contribution in [0.3, 0.4) is 0 Å². The van der Waals surface area contributed by atoms with Crippen molar-refractivity contribution in [1.29, 1.82) is 0 Å². The Morgan fingerprint density at radius 1 is 0.667 bits per heavy atom. The fraction of sp³-hybridized carbons (Fsp3) is 0.222. The van der Waals surface area contributed by atoms with E-state index in [1.807, 2.05) is 39.8 Å². The topological polar surface area (TPSA) is 0 Å².